The van der Waals surface area contributed by atoms with E-state index < -0.39 is 12.0 Å². The second-order valence-corrected chi connectivity index (χ2v) is 6.90. The lowest BCUT2D eigenvalue weighted by Crippen LogP contribution is -2.40. The van der Waals surface area contributed by atoms with Gasteiger partial charge in [0.25, 0.3) is 0 Å². The van der Waals surface area contributed by atoms with Gasteiger partial charge in [-0.3, -0.25) is 4.79 Å². The van der Waals surface area contributed by atoms with Gasteiger partial charge in [0, 0.05) is 29.7 Å². The van der Waals surface area contributed by atoms with Crippen LogP contribution in [-0.2, 0) is 11.3 Å². The van der Waals surface area contributed by atoms with Crippen molar-refractivity contribution in [2.75, 3.05) is 13.2 Å². The van der Waals surface area contributed by atoms with Gasteiger partial charge < -0.3 is 21.3 Å². The van der Waals surface area contributed by atoms with Gasteiger partial charge in [0.2, 0.25) is 5.91 Å². The van der Waals surface area contributed by atoms with Gasteiger partial charge in [0.15, 0.2) is 5.82 Å². The molecule has 1 fully saturated rings. The average Bonchev–Trinajstić information content (AvgIpc) is 3.08. The minimum atomic E-state index is -0.466. The molecule has 0 aliphatic heterocycles. The molecule has 0 spiro atoms. The molecule has 8 heteroatoms. The molecule has 0 saturated heterocycles. The first kappa shape index (κ1) is 19.5. The van der Waals surface area contributed by atoms with Crippen molar-refractivity contribution in [3.8, 4) is 11.4 Å². The number of ether oxygens (including phenoxy) is 1. The highest BCUT2D eigenvalue weighted by Gasteiger charge is 2.31. The predicted molar refractivity (Wildman–Crippen MR) is 101 cm³/mol. The fourth-order valence-electron chi connectivity index (χ4n) is 3.45. The second kappa shape index (κ2) is 8.60. The van der Waals surface area contributed by atoms with Crippen LogP contribution in [0, 0.1) is 0 Å². The number of nitrogens with two attached hydrogens (primary N) is 2. The molecule has 2 aromatic rings. The molecule has 146 valence electrons. The number of rotatable bonds is 7. The Labute approximate surface area is 158 Å². The maximum Gasteiger partial charge on any atom is 0.248 e. The van der Waals surface area contributed by atoms with Crippen molar-refractivity contribution in [1.29, 1.82) is 0 Å². The highest BCUT2D eigenvalue weighted by atomic mass is 16.5. The van der Waals surface area contributed by atoms with Crippen LogP contribution >= 0.6 is 0 Å². The second-order valence-electron chi connectivity index (χ2n) is 6.90. The van der Waals surface area contributed by atoms with Crippen molar-refractivity contribution in [1.82, 2.24) is 14.8 Å². The topological polar surface area (TPSA) is 129 Å². The molecule has 1 aromatic heterocycles. The van der Waals surface area contributed by atoms with Gasteiger partial charge in [-0.05, 0) is 38.3 Å². The fraction of sp³-hybridized carbons (Fsp3) is 0.526. The number of nitrogens with zero attached hydrogens (tertiary/aromatic N) is 3. The third-order valence-corrected chi connectivity index (χ3v) is 5.01. The summed E-state index contributed by atoms with van der Waals surface area (Å²) in [6.45, 7) is 3.75. The van der Waals surface area contributed by atoms with Crippen molar-refractivity contribution < 1.29 is 14.6 Å². The lowest BCUT2D eigenvalue weighted by molar-refractivity contribution is 0.0972. The van der Waals surface area contributed by atoms with E-state index in [0.717, 1.165) is 17.8 Å². The molecule has 3 rings (SSSR count). The Bertz CT molecular complexity index is 774. The maximum absolute atomic E-state index is 11.3. The Kier molecular flexibility index (Phi) is 6.20. The van der Waals surface area contributed by atoms with Gasteiger partial charge in [-0.1, -0.05) is 12.1 Å². The smallest absolute Gasteiger partial charge is 0.248 e. The maximum atomic E-state index is 11.3. The number of carbonyl (C=O) groups excluding carboxylic acids is 1. The minimum absolute atomic E-state index is 0.149. The van der Waals surface area contributed by atoms with Crippen LogP contribution in [0.3, 0.4) is 0 Å². The predicted octanol–water partition coefficient (Wildman–Crippen LogP) is 1.04. The molecule has 0 bridgehead atoms. The van der Waals surface area contributed by atoms with Crippen molar-refractivity contribution in [2.45, 2.75) is 50.8 Å². The fourth-order valence-corrected chi connectivity index (χ4v) is 3.45. The SMILES string of the molecule is CCOCCn1nc(-c2ccc(C(N)=O)cc2)nc1[C@H]1CC[C@@H](O)[C@H](N)C1. The Morgan fingerprint density at radius 2 is 2.07 bits per heavy atom. The third-order valence-electron chi connectivity index (χ3n) is 5.01. The number of carbonyl (C=O) groups is 1. The number of amides is 1. The monoisotopic (exact) mass is 373 g/mol. The Hall–Kier alpha value is -2.29. The van der Waals surface area contributed by atoms with Crippen LogP contribution in [-0.4, -0.2) is 51.1 Å². The summed E-state index contributed by atoms with van der Waals surface area (Å²) < 4.78 is 7.35. The summed E-state index contributed by atoms with van der Waals surface area (Å²) in [7, 11) is 0. The van der Waals surface area contributed by atoms with E-state index >= 15 is 0 Å². The van der Waals surface area contributed by atoms with E-state index in [4.69, 9.17) is 21.2 Å². The van der Waals surface area contributed by atoms with Gasteiger partial charge in [0.1, 0.15) is 5.82 Å². The van der Waals surface area contributed by atoms with Crippen LogP contribution in [0.1, 0.15) is 48.3 Å². The number of primary amides is 1. The molecule has 8 nitrogen and oxygen atoms in total. The molecule has 1 saturated carbocycles. The zero-order valence-corrected chi connectivity index (χ0v) is 15.5. The molecular weight excluding hydrogens is 346 g/mol. The number of aliphatic hydroxyl groups is 1. The van der Waals surface area contributed by atoms with Gasteiger partial charge >= 0.3 is 0 Å². The van der Waals surface area contributed by atoms with Gasteiger partial charge in [-0.2, -0.15) is 5.10 Å². The van der Waals surface area contributed by atoms with Crippen LogP contribution in [0.15, 0.2) is 24.3 Å². The van der Waals surface area contributed by atoms with E-state index in [2.05, 4.69) is 5.10 Å². The van der Waals surface area contributed by atoms with E-state index in [9.17, 15) is 9.90 Å². The zero-order chi connectivity index (χ0) is 19.4. The summed E-state index contributed by atoms with van der Waals surface area (Å²) in [6.07, 6.45) is 1.70. The summed E-state index contributed by atoms with van der Waals surface area (Å²) in [5.74, 6) is 1.15. The Balaban J connectivity index is 1.88. The Morgan fingerprint density at radius 3 is 2.70 bits per heavy atom. The van der Waals surface area contributed by atoms with E-state index in [1.165, 1.54) is 0 Å². The van der Waals surface area contributed by atoms with Crippen molar-refractivity contribution in [3.05, 3.63) is 35.7 Å². The molecule has 0 unspecified atom stereocenters. The highest BCUT2D eigenvalue weighted by Crippen LogP contribution is 2.32. The van der Waals surface area contributed by atoms with E-state index in [1.807, 2.05) is 11.6 Å². The van der Waals surface area contributed by atoms with Crippen LogP contribution in [0.25, 0.3) is 11.4 Å². The first-order valence-electron chi connectivity index (χ1n) is 9.36. The van der Waals surface area contributed by atoms with Crippen LogP contribution in [0.2, 0.25) is 0 Å². The third kappa shape index (κ3) is 4.52. The number of aromatic nitrogens is 3. The highest BCUT2D eigenvalue weighted by molar-refractivity contribution is 5.93. The summed E-state index contributed by atoms with van der Waals surface area (Å²) in [6, 6.07) is 6.68. The molecule has 27 heavy (non-hydrogen) atoms. The summed E-state index contributed by atoms with van der Waals surface area (Å²) in [5, 5.41) is 14.6. The van der Waals surface area contributed by atoms with Crippen LogP contribution in [0.5, 0.6) is 0 Å². The molecule has 1 amide bonds. The zero-order valence-electron chi connectivity index (χ0n) is 15.5. The number of benzene rings is 1. The largest absolute Gasteiger partial charge is 0.392 e. The molecule has 5 N–H and O–H groups in total. The van der Waals surface area contributed by atoms with Gasteiger partial charge in [-0.15, -0.1) is 0 Å². The van der Waals surface area contributed by atoms with E-state index in [-0.39, 0.29) is 12.0 Å². The lowest BCUT2D eigenvalue weighted by Gasteiger charge is -2.30. The molecule has 1 aliphatic rings. The Morgan fingerprint density at radius 1 is 1.33 bits per heavy atom. The molecule has 1 heterocycles. The lowest BCUT2D eigenvalue weighted by atomic mass is 9.83. The van der Waals surface area contributed by atoms with E-state index in [1.54, 1.807) is 24.3 Å². The van der Waals surface area contributed by atoms with Crippen molar-refractivity contribution in [3.63, 3.8) is 0 Å². The van der Waals surface area contributed by atoms with E-state index in [0.29, 0.717) is 44.0 Å². The summed E-state index contributed by atoms with van der Waals surface area (Å²) in [5.41, 5.74) is 12.6. The van der Waals surface area contributed by atoms with Gasteiger partial charge in [0.05, 0.1) is 19.3 Å². The molecule has 3 atom stereocenters. The standard InChI is InChI=1S/C19H27N5O3/c1-2-27-10-9-24-19(14-7-8-16(25)15(20)11-14)22-18(23-24)13-5-3-12(4-6-13)17(21)26/h3-6,14-16,25H,2,7-11,20H2,1H3,(H2,21,26)/t14-,15+,16+/m0/s1. The van der Waals surface area contributed by atoms with Crippen molar-refractivity contribution in [2.24, 2.45) is 11.5 Å². The average molecular weight is 373 g/mol. The summed E-state index contributed by atoms with van der Waals surface area (Å²) in [4.78, 5) is 16.0. The normalized spacial score (nSPS) is 22.7. The molecule has 1 aromatic carbocycles. The quantitative estimate of drug-likeness (QED) is 0.622. The van der Waals surface area contributed by atoms with Crippen LogP contribution in [0.4, 0.5) is 0 Å². The minimum Gasteiger partial charge on any atom is -0.392 e. The number of hydrogen-bond acceptors (Lipinski definition) is 6. The molecular formula is C19H27N5O3. The summed E-state index contributed by atoms with van der Waals surface area (Å²) >= 11 is 0. The number of hydrogen-bond donors (Lipinski definition) is 3. The molecule has 0 radical (unpaired) electrons. The first-order valence-corrected chi connectivity index (χ1v) is 9.36. The van der Waals surface area contributed by atoms with Crippen LogP contribution < -0.4 is 11.5 Å². The molecule has 1 aliphatic carbocycles. The first-order chi connectivity index (χ1) is 13.0. The van der Waals surface area contributed by atoms with Gasteiger partial charge in [-0.25, -0.2) is 9.67 Å². The number of aliphatic hydroxyl groups excluding tert-OH is 1. The van der Waals surface area contributed by atoms with Crippen molar-refractivity contribution >= 4 is 5.91 Å².